The third-order valence-corrected chi connectivity index (χ3v) is 2.79. The fourth-order valence-electron chi connectivity index (χ4n) is 1.04. The molecule has 109 valence electrons. The van der Waals surface area contributed by atoms with Crippen molar-refractivity contribution in [2.24, 2.45) is 0 Å². The molecule has 0 amide bonds. The van der Waals surface area contributed by atoms with Crippen LogP contribution >= 0.6 is 22.6 Å². The van der Waals surface area contributed by atoms with Crippen molar-refractivity contribution in [3.63, 3.8) is 0 Å². The molecule has 7 heteroatoms. The van der Waals surface area contributed by atoms with Crippen LogP contribution in [-0.2, 0) is 36.0 Å². The molecular formula is C13H16INO4V. The van der Waals surface area contributed by atoms with Crippen molar-refractivity contribution in [2.45, 2.75) is 13.8 Å². The van der Waals surface area contributed by atoms with E-state index in [9.17, 15) is 9.59 Å². The Kier molecular flexibility index (Phi) is 11.4. The summed E-state index contributed by atoms with van der Waals surface area (Å²) in [6, 6.07) is 0. The van der Waals surface area contributed by atoms with E-state index in [1.54, 1.807) is 34.8 Å². The van der Waals surface area contributed by atoms with E-state index in [-0.39, 0.29) is 18.8 Å². The van der Waals surface area contributed by atoms with Crippen molar-refractivity contribution >= 4 is 39.3 Å². The molecule has 0 aromatic rings. The second kappa shape index (κ2) is 11.9. The Bertz CT molecular complexity index is 424. The molecule has 0 unspecified atom stereocenters. The number of hydrogen-bond acceptors (Lipinski definition) is 5. The van der Waals surface area contributed by atoms with Gasteiger partial charge in [-0.2, -0.15) is 0 Å². The fraction of sp³-hybridized carbons (Fsp3) is 0.308. The number of nitrogens with one attached hydrogen (secondary N) is 1. The maximum atomic E-state index is 11.7. The summed E-state index contributed by atoms with van der Waals surface area (Å²) < 4.78 is 13.2. The zero-order valence-electron chi connectivity index (χ0n) is 11.3. The van der Waals surface area contributed by atoms with E-state index >= 15 is 0 Å². The first kappa shape index (κ1) is 19.1. The van der Waals surface area contributed by atoms with Crippen molar-refractivity contribution in [2.75, 3.05) is 13.2 Å². The molecule has 0 aliphatic heterocycles. The molecule has 0 atom stereocenters. The van der Waals surface area contributed by atoms with E-state index in [1.165, 1.54) is 6.20 Å². The fourth-order valence-corrected chi connectivity index (χ4v) is 1.56. The van der Waals surface area contributed by atoms with Gasteiger partial charge in [-0.25, -0.2) is 0 Å². The SMILES string of the molecule is CCOC(=O)C(=CNC(C=C[CH]=[V])=CI)C(=O)OCC. The first-order valence-electron chi connectivity index (χ1n) is 5.86. The van der Waals surface area contributed by atoms with Gasteiger partial charge in [-0.15, -0.1) is 0 Å². The molecule has 20 heavy (non-hydrogen) atoms. The van der Waals surface area contributed by atoms with Crippen LogP contribution in [0, 0.1) is 0 Å². The van der Waals surface area contributed by atoms with Crippen LogP contribution in [0.2, 0.25) is 0 Å². The summed E-state index contributed by atoms with van der Waals surface area (Å²) in [5, 5.41) is 2.86. The predicted molar refractivity (Wildman–Crippen MR) is 81.8 cm³/mol. The van der Waals surface area contributed by atoms with Crippen LogP contribution in [0.4, 0.5) is 0 Å². The predicted octanol–water partition coefficient (Wildman–Crippen LogP) is 1.77. The standard InChI is InChI=1S/C13H16INO4.V/c1-4-7-10(8-14)15-9-11(12(16)18-5-2)13(17)19-6-3;/h1,4,7-9,15H,5-6H2,2-3H3;. The number of esters is 2. The van der Waals surface area contributed by atoms with Crippen molar-refractivity contribution in [1.29, 1.82) is 0 Å². The van der Waals surface area contributed by atoms with Gasteiger partial charge in [-0.3, -0.25) is 0 Å². The Morgan fingerprint density at radius 3 is 2.15 bits per heavy atom. The van der Waals surface area contributed by atoms with E-state index in [2.05, 4.69) is 22.3 Å². The summed E-state index contributed by atoms with van der Waals surface area (Å²) in [6.45, 7) is 3.71. The van der Waals surface area contributed by atoms with E-state index in [0.29, 0.717) is 0 Å². The quantitative estimate of drug-likeness (QED) is 0.160. The molecule has 0 aromatic heterocycles. The van der Waals surface area contributed by atoms with Crippen LogP contribution in [0.15, 0.2) is 33.7 Å². The zero-order valence-corrected chi connectivity index (χ0v) is 14.8. The summed E-state index contributed by atoms with van der Waals surface area (Å²) in [6.07, 6.45) is 4.88. The first-order valence-corrected chi connectivity index (χ1v) is 7.91. The van der Waals surface area contributed by atoms with E-state index in [4.69, 9.17) is 9.47 Å². The van der Waals surface area contributed by atoms with Gasteiger partial charge in [0.25, 0.3) is 0 Å². The molecule has 0 spiro atoms. The second-order valence-corrected chi connectivity index (χ2v) is 4.30. The van der Waals surface area contributed by atoms with Crippen molar-refractivity contribution in [3.05, 3.63) is 33.7 Å². The van der Waals surface area contributed by atoms with Crippen LogP contribution < -0.4 is 5.32 Å². The molecule has 0 aliphatic rings. The van der Waals surface area contributed by atoms with E-state index < -0.39 is 11.9 Å². The van der Waals surface area contributed by atoms with Crippen molar-refractivity contribution < 1.29 is 36.0 Å². The molecule has 0 heterocycles. The number of ether oxygens (including phenoxy) is 2. The number of halogens is 1. The molecule has 0 radical (unpaired) electrons. The minimum atomic E-state index is -0.714. The monoisotopic (exact) mass is 428 g/mol. The topological polar surface area (TPSA) is 64.6 Å². The van der Waals surface area contributed by atoms with Gasteiger partial charge in [0.05, 0.1) is 0 Å². The number of rotatable bonds is 8. The molecule has 0 aliphatic carbocycles. The van der Waals surface area contributed by atoms with Crippen LogP contribution in [0.1, 0.15) is 13.8 Å². The van der Waals surface area contributed by atoms with E-state index in [1.807, 2.05) is 22.6 Å². The van der Waals surface area contributed by atoms with Crippen LogP contribution in [0.3, 0.4) is 0 Å². The molecule has 0 aromatic carbocycles. The zero-order chi connectivity index (χ0) is 15.4. The molecule has 0 rings (SSSR count). The summed E-state index contributed by atoms with van der Waals surface area (Å²) in [7, 11) is 0. The van der Waals surface area contributed by atoms with Gasteiger partial charge in [-0.1, -0.05) is 0 Å². The molecule has 1 N–H and O–H groups in total. The van der Waals surface area contributed by atoms with Crippen LogP contribution in [0.25, 0.3) is 0 Å². The van der Waals surface area contributed by atoms with Gasteiger partial charge in [-0.05, 0) is 0 Å². The molecular weight excluding hydrogens is 412 g/mol. The van der Waals surface area contributed by atoms with Gasteiger partial charge in [0.1, 0.15) is 0 Å². The van der Waals surface area contributed by atoms with Crippen LogP contribution in [0.5, 0.6) is 0 Å². The number of allylic oxidation sites excluding steroid dienone is 2. The summed E-state index contributed by atoms with van der Waals surface area (Å²) >= 11 is 4.35. The summed E-state index contributed by atoms with van der Waals surface area (Å²) in [4.78, 5) is 23.4. The average molecular weight is 428 g/mol. The number of hydrogen-bond donors (Lipinski definition) is 1. The second-order valence-electron chi connectivity index (χ2n) is 3.22. The van der Waals surface area contributed by atoms with Crippen molar-refractivity contribution in [3.8, 4) is 0 Å². The maximum absolute atomic E-state index is 11.7. The van der Waals surface area contributed by atoms with Gasteiger partial charge >= 0.3 is 141 Å². The van der Waals surface area contributed by atoms with Gasteiger partial charge in [0.15, 0.2) is 0 Å². The summed E-state index contributed by atoms with van der Waals surface area (Å²) in [5.74, 6) is -1.43. The van der Waals surface area contributed by atoms with E-state index in [0.717, 1.165) is 5.70 Å². The average Bonchev–Trinajstić information content (AvgIpc) is 2.43. The Labute approximate surface area is 141 Å². The first-order chi connectivity index (χ1) is 9.60. The molecule has 0 saturated heterocycles. The van der Waals surface area contributed by atoms with Gasteiger partial charge in [0.2, 0.25) is 0 Å². The number of carbonyl (C=O) groups excluding carboxylic acids is 2. The van der Waals surface area contributed by atoms with Gasteiger partial charge in [0, 0.05) is 0 Å². The third-order valence-electron chi connectivity index (χ3n) is 1.85. The molecule has 0 bridgehead atoms. The van der Waals surface area contributed by atoms with Crippen molar-refractivity contribution in [1.82, 2.24) is 5.32 Å². The number of carbonyl (C=O) groups is 2. The minimum absolute atomic E-state index is 0.172. The molecule has 5 nitrogen and oxygen atoms in total. The van der Waals surface area contributed by atoms with Gasteiger partial charge < -0.3 is 0 Å². The Morgan fingerprint density at radius 2 is 1.75 bits per heavy atom. The Balaban J connectivity index is 5.05. The Hall–Kier alpha value is -0.856. The summed E-state index contributed by atoms with van der Waals surface area (Å²) in [5.41, 5.74) is 0.549. The third kappa shape index (κ3) is 7.67. The Morgan fingerprint density at radius 1 is 1.20 bits per heavy atom. The van der Waals surface area contributed by atoms with Crippen LogP contribution in [-0.4, -0.2) is 29.9 Å². The normalized spacial score (nSPS) is 10.8. The molecule has 0 saturated carbocycles. The molecule has 0 fully saturated rings.